The summed E-state index contributed by atoms with van der Waals surface area (Å²) in [5.41, 5.74) is 5.63. The highest BCUT2D eigenvalue weighted by molar-refractivity contribution is 6.03. The van der Waals surface area contributed by atoms with Crippen molar-refractivity contribution in [1.29, 1.82) is 0 Å². The average Bonchev–Trinajstić information content (AvgIpc) is 2.81. The molecule has 1 aliphatic rings. The van der Waals surface area contributed by atoms with E-state index < -0.39 is 0 Å². The number of hydrogen-bond donors (Lipinski definition) is 0. The maximum Gasteiger partial charge on any atom is 0.228 e. The molecule has 31 heavy (non-hydrogen) atoms. The summed E-state index contributed by atoms with van der Waals surface area (Å²) in [6.45, 7) is 2.68. The number of hydrogen-bond acceptors (Lipinski definition) is 2. The molecular weight excluding hydrogens is 382 g/mol. The fourth-order valence-electron chi connectivity index (χ4n) is 4.76. The second-order valence-corrected chi connectivity index (χ2v) is 8.12. The van der Waals surface area contributed by atoms with E-state index in [4.69, 9.17) is 4.74 Å². The van der Waals surface area contributed by atoms with Gasteiger partial charge in [-0.3, -0.25) is 4.79 Å². The lowest BCUT2D eigenvalue weighted by molar-refractivity contribution is -0.119. The zero-order valence-electron chi connectivity index (χ0n) is 17.8. The molecule has 0 spiro atoms. The van der Waals surface area contributed by atoms with Crippen LogP contribution >= 0.6 is 0 Å². The Balaban J connectivity index is 1.71. The van der Waals surface area contributed by atoms with E-state index in [2.05, 4.69) is 61.5 Å². The van der Waals surface area contributed by atoms with Gasteiger partial charge in [-0.2, -0.15) is 0 Å². The van der Waals surface area contributed by atoms with Gasteiger partial charge in [0, 0.05) is 23.6 Å². The van der Waals surface area contributed by atoms with Gasteiger partial charge in [0.15, 0.2) is 0 Å². The van der Waals surface area contributed by atoms with Gasteiger partial charge >= 0.3 is 0 Å². The molecule has 0 aromatic heterocycles. The van der Waals surface area contributed by atoms with Crippen LogP contribution in [0.3, 0.4) is 0 Å². The number of carbonyl (C=O) groups excluding carboxylic acids is 1. The molecule has 5 rings (SSSR count). The predicted molar refractivity (Wildman–Crippen MR) is 126 cm³/mol. The molecule has 0 aliphatic carbocycles. The Morgan fingerprint density at radius 3 is 2.48 bits per heavy atom. The first-order valence-electron chi connectivity index (χ1n) is 10.7. The third-order valence-corrected chi connectivity index (χ3v) is 6.37. The first-order chi connectivity index (χ1) is 15.2. The molecule has 1 unspecified atom stereocenters. The van der Waals surface area contributed by atoms with E-state index in [-0.39, 0.29) is 11.8 Å². The Labute approximate surface area is 182 Å². The number of nitrogens with zero attached hydrogens (tertiary/aromatic N) is 1. The van der Waals surface area contributed by atoms with Crippen LogP contribution in [0.25, 0.3) is 10.8 Å². The Hall–Kier alpha value is -3.59. The highest BCUT2D eigenvalue weighted by Gasteiger charge is 2.35. The molecule has 4 aromatic rings. The van der Waals surface area contributed by atoms with E-state index >= 15 is 0 Å². The fourth-order valence-corrected chi connectivity index (χ4v) is 4.76. The molecule has 0 saturated carbocycles. The summed E-state index contributed by atoms with van der Waals surface area (Å²) in [4.78, 5) is 15.4. The van der Waals surface area contributed by atoms with E-state index in [0.717, 1.165) is 17.0 Å². The minimum Gasteiger partial charge on any atom is -0.496 e. The number of ether oxygens (including phenoxy) is 1. The van der Waals surface area contributed by atoms with Crippen LogP contribution in [0.2, 0.25) is 0 Å². The van der Waals surface area contributed by atoms with Gasteiger partial charge in [-0.05, 0) is 46.5 Å². The van der Waals surface area contributed by atoms with Crippen LogP contribution < -0.4 is 9.64 Å². The number of aryl methyl sites for hydroxylation is 1. The summed E-state index contributed by atoms with van der Waals surface area (Å²) in [5.74, 6) is 0.923. The predicted octanol–water partition coefficient (Wildman–Crippen LogP) is 6.23. The van der Waals surface area contributed by atoms with Crippen molar-refractivity contribution >= 4 is 22.4 Å². The number of para-hydroxylation sites is 1. The van der Waals surface area contributed by atoms with Crippen LogP contribution in [0.4, 0.5) is 5.69 Å². The van der Waals surface area contributed by atoms with Gasteiger partial charge in [-0.25, -0.2) is 0 Å². The maximum atomic E-state index is 13.5. The van der Waals surface area contributed by atoms with Gasteiger partial charge in [0.2, 0.25) is 5.91 Å². The molecule has 0 saturated heterocycles. The monoisotopic (exact) mass is 407 g/mol. The number of fused-ring (bicyclic) bond motifs is 3. The summed E-state index contributed by atoms with van der Waals surface area (Å²) in [6, 6.07) is 29.0. The smallest absolute Gasteiger partial charge is 0.228 e. The molecule has 0 N–H and O–H groups in total. The molecule has 1 atom stereocenters. The highest BCUT2D eigenvalue weighted by Crippen LogP contribution is 2.46. The Bertz CT molecular complexity index is 1280. The van der Waals surface area contributed by atoms with Crippen molar-refractivity contribution in [2.75, 3.05) is 12.0 Å². The average molecular weight is 408 g/mol. The molecule has 0 bridgehead atoms. The van der Waals surface area contributed by atoms with Gasteiger partial charge < -0.3 is 9.64 Å². The first-order valence-corrected chi connectivity index (χ1v) is 10.7. The van der Waals surface area contributed by atoms with Crippen molar-refractivity contribution in [2.24, 2.45) is 0 Å². The molecule has 1 aliphatic heterocycles. The number of amides is 1. The van der Waals surface area contributed by atoms with Crippen molar-refractivity contribution in [3.8, 4) is 5.75 Å². The Morgan fingerprint density at radius 2 is 1.65 bits per heavy atom. The first kappa shape index (κ1) is 19.4. The van der Waals surface area contributed by atoms with Gasteiger partial charge in [0.05, 0.1) is 13.7 Å². The van der Waals surface area contributed by atoms with Crippen LogP contribution in [0, 0.1) is 6.92 Å². The Kier molecular flexibility index (Phi) is 4.95. The van der Waals surface area contributed by atoms with E-state index in [1.807, 2.05) is 35.2 Å². The van der Waals surface area contributed by atoms with Crippen LogP contribution in [0.15, 0.2) is 84.9 Å². The van der Waals surface area contributed by atoms with Gasteiger partial charge in [-0.15, -0.1) is 0 Å². The van der Waals surface area contributed by atoms with E-state index in [1.165, 1.54) is 27.5 Å². The van der Waals surface area contributed by atoms with Crippen LogP contribution in [-0.2, 0) is 11.3 Å². The normalized spacial score (nSPS) is 15.7. The van der Waals surface area contributed by atoms with Gasteiger partial charge in [0.25, 0.3) is 0 Å². The zero-order chi connectivity index (χ0) is 21.4. The molecule has 1 amide bonds. The van der Waals surface area contributed by atoms with Crippen LogP contribution in [0.5, 0.6) is 5.75 Å². The third kappa shape index (κ3) is 3.36. The summed E-state index contributed by atoms with van der Waals surface area (Å²) >= 11 is 0. The van der Waals surface area contributed by atoms with Crippen LogP contribution in [0.1, 0.15) is 34.6 Å². The topological polar surface area (TPSA) is 29.5 Å². The van der Waals surface area contributed by atoms with E-state index in [1.54, 1.807) is 7.11 Å². The lowest BCUT2D eigenvalue weighted by atomic mass is 9.80. The molecular formula is C28H25NO2. The number of benzene rings is 4. The van der Waals surface area contributed by atoms with Crippen molar-refractivity contribution < 1.29 is 9.53 Å². The summed E-state index contributed by atoms with van der Waals surface area (Å²) in [6.07, 6.45) is 0.424. The molecule has 3 heteroatoms. The van der Waals surface area contributed by atoms with Crippen molar-refractivity contribution in [1.82, 2.24) is 0 Å². The summed E-state index contributed by atoms with van der Waals surface area (Å²) < 4.78 is 5.67. The molecule has 1 heterocycles. The van der Waals surface area contributed by atoms with Crippen molar-refractivity contribution in [3.63, 3.8) is 0 Å². The zero-order valence-corrected chi connectivity index (χ0v) is 17.8. The fraction of sp³-hybridized carbons (Fsp3) is 0.179. The second kappa shape index (κ2) is 7.92. The highest BCUT2D eigenvalue weighted by atomic mass is 16.5. The number of carbonyl (C=O) groups is 1. The molecule has 154 valence electrons. The summed E-state index contributed by atoms with van der Waals surface area (Å²) in [7, 11) is 1.69. The lowest BCUT2D eigenvalue weighted by Crippen LogP contribution is -2.36. The minimum absolute atomic E-state index is 0.0436. The molecule has 0 radical (unpaired) electrons. The SMILES string of the molecule is COc1ccccc1C1CC(=O)N(Cc2ccccc2C)c2ccc3ccccc3c21. The third-order valence-electron chi connectivity index (χ3n) is 6.37. The lowest BCUT2D eigenvalue weighted by Gasteiger charge is -2.36. The van der Waals surface area contributed by atoms with Crippen LogP contribution in [-0.4, -0.2) is 13.0 Å². The number of anilines is 1. The van der Waals surface area contributed by atoms with E-state index in [9.17, 15) is 4.79 Å². The van der Waals surface area contributed by atoms with Gasteiger partial charge in [-0.1, -0.05) is 72.8 Å². The molecule has 0 fully saturated rings. The van der Waals surface area contributed by atoms with E-state index in [0.29, 0.717) is 13.0 Å². The Morgan fingerprint density at radius 1 is 0.903 bits per heavy atom. The maximum absolute atomic E-state index is 13.5. The largest absolute Gasteiger partial charge is 0.496 e. The minimum atomic E-state index is -0.0436. The number of rotatable bonds is 4. The van der Waals surface area contributed by atoms with Crippen molar-refractivity contribution in [3.05, 3.63) is 107 Å². The molecule has 3 nitrogen and oxygen atoms in total. The summed E-state index contributed by atoms with van der Waals surface area (Å²) in [5, 5.41) is 2.38. The quantitative estimate of drug-likeness (QED) is 0.402. The number of methoxy groups -OCH3 is 1. The standard InChI is InChI=1S/C28H25NO2/c1-19-9-3-4-11-21(19)18-29-25-16-15-20-10-5-6-12-22(20)28(25)24(17-27(29)30)23-13-7-8-14-26(23)31-2/h3-16,24H,17-18H2,1-2H3. The molecule has 4 aromatic carbocycles. The second-order valence-electron chi connectivity index (χ2n) is 8.12. The van der Waals surface area contributed by atoms with Gasteiger partial charge in [0.1, 0.15) is 5.75 Å². The van der Waals surface area contributed by atoms with Crippen molar-refractivity contribution in [2.45, 2.75) is 25.8 Å².